The van der Waals surface area contributed by atoms with Crippen molar-refractivity contribution in [2.45, 2.75) is 6.92 Å². The van der Waals surface area contributed by atoms with Crippen molar-refractivity contribution in [2.24, 2.45) is 0 Å². The van der Waals surface area contributed by atoms with Crippen LogP contribution in [0.25, 0.3) is 11.3 Å². The molecule has 0 aliphatic carbocycles. The summed E-state index contributed by atoms with van der Waals surface area (Å²) < 4.78 is 10.6. The maximum Gasteiger partial charge on any atom is 0.340 e. The highest BCUT2D eigenvalue weighted by atomic mass is 16.5. The fraction of sp³-hybridized carbons (Fsp3) is 0.214. The van der Waals surface area contributed by atoms with Gasteiger partial charge in [0.1, 0.15) is 17.1 Å². The lowest BCUT2D eigenvalue weighted by molar-refractivity contribution is 0.0699. The van der Waals surface area contributed by atoms with Crippen LogP contribution in [0.15, 0.2) is 18.3 Å². The predicted octanol–water partition coefficient (Wildman–Crippen LogP) is 2.29. The molecule has 0 amide bonds. The number of nitrogens with two attached hydrogens (primary N) is 1. The van der Waals surface area contributed by atoms with Gasteiger partial charge in [-0.3, -0.25) is 0 Å². The molecule has 0 fully saturated rings. The van der Waals surface area contributed by atoms with Crippen molar-refractivity contribution < 1.29 is 19.4 Å². The quantitative estimate of drug-likeness (QED) is 0.796. The van der Waals surface area contributed by atoms with Gasteiger partial charge in [0, 0.05) is 17.3 Å². The number of carbonyl (C=O) groups is 1. The van der Waals surface area contributed by atoms with Gasteiger partial charge in [-0.15, -0.1) is 0 Å². The summed E-state index contributed by atoms with van der Waals surface area (Å²) in [6.45, 7) is 1.84. The number of nitrogens with one attached hydrogen (secondary N) is 1. The Kier molecular flexibility index (Phi) is 3.56. The van der Waals surface area contributed by atoms with Crippen LogP contribution >= 0.6 is 0 Å². The van der Waals surface area contributed by atoms with Gasteiger partial charge < -0.3 is 25.3 Å². The molecule has 106 valence electrons. The second kappa shape index (κ2) is 5.16. The molecular formula is C14H16N2O4. The summed E-state index contributed by atoms with van der Waals surface area (Å²) in [5.74, 6) is 0.130. The number of carboxylic acid groups (broad SMARTS) is 1. The first-order valence-electron chi connectivity index (χ1n) is 5.93. The summed E-state index contributed by atoms with van der Waals surface area (Å²) in [5.41, 5.74) is 7.73. The Labute approximate surface area is 116 Å². The summed E-state index contributed by atoms with van der Waals surface area (Å²) in [5, 5.41) is 9.26. The number of ether oxygens (including phenoxy) is 2. The van der Waals surface area contributed by atoms with E-state index in [1.807, 2.05) is 6.92 Å². The molecule has 0 atom stereocenters. The van der Waals surface area contributed by atoms with Crippen LogP contribution in [0.4, 0.5) is 5.69 Å². The Morgan fingerprint density at radius 2 is 2.00 bits per heavy atom. The van der Waals surface area contributed by atoms with E-state index in [2.05, 4.69) is 4.98 Å². The summed E-state index contributed by atoms with van der Waals surface area (Å²) in [4.78, 5) is 14.2. The van der Waals surface area contributed by atoms with E-state index in [1.165, 1.54) is 13.3 Å². The molecular weight excluding hydrogens is 260 g/mol. The fourth-order valence-electron chi connectivity index (χ4n) is 2.24. The molecule has 2 rings (SSSR count). The van der Waals surface area contributed by atoms with Crippen molar-refractivity contribution in [3.8, 4) is 22.8 Å². The molecule has 0 unspecified atom stereocenters. The summed E-state index contributed by atoms with van der Waals surface area (Å²) in [6.07, 6.45) is 1.46. The van der Waals surface area contributed by atoms with Gasteiger partial charge in [0.25, 0.3) is 0 Å². The van der Waals surface area contributed by atoms with Gasteiger partial charge in [-0.05, 0) is 19.1 Å². The van der Waals surface area contributed by atoms with Crippen LogP contribution in [0.1, 0.15) is 15.9 Å². The highest BCUT2D eigenvalue weighted by Crippen LogP contribution is 2.39. The monoisotopic (exact) mass is 276 g/mol. The number of rotatable bonds is 4. The number of hydrogen-bond donors (Lipinski definition) is 3. The van der Waals surface area contributed by atoms with Crippen LogP contribution in [0.5, 0.6) is 11.5 Å². The number of carboxylic acids is 1. The normalized spacial score (nSPS) is 10.3. The van der Waals surface area contributed by atoms with E-state index in [9.17, 15) is 9.90 Å². The highest BCUT2D eigenvalue weighted by Gasteiger charge is 2.22. The third-order valence-corrected chi connectivity index (χ3v) is 3.17. The Morgan fingerprint density at radius 1 is 1.30 bits per heavy atom. The Balaban J connectivity index is 2.71. The molecule has 1 aromatic heterocycles. The molecule has 0 saturated heterocycles. The second-order valence-corrected chi connectivity index (χ2v) is 4.27. The number of nitrogen functional groups attached to an aromatic ring is 1. The van der Waals surface area contributed by atoms with Gasteiger partial charge in [0.05, 0.1) is 25.6 Å². The van der Waals surface area contributed by atoms with Crippen LogP contribution in [-0.2, 0) is 0 Å². The standard InChI is InChI=1S/C14H16N2O4/c1-7-10(19-2)5-4-8(13(7)20-3)12-11(14(17)18)9(15)6-16-12/h4-6,16H,15H2,1-3H3,(H,17,18). The molecule has 4 N–H and O–H groups in total. The number of benzene rings is 1. The number of aromatic nitrogens is 1. The van der Waals surface area contributed by atoms with Crippen molar-refractivity contribution in [3.63, 3.8) is 0 Å². The molecule has 1 heterocycles. The second-order valence-electron chi connectivity index (χ2n) is 4.27. The third-order valence-electron chi connectivity index (χ3n) is 3.17. The zero-order chi connectivity index (χ0) is 14.9. The van der Waals surface area contributed by atoms with Crippen LogP contribution in [0.3, 0.4) is 0 Å². The van der Waals surface area contributed by atoms with Crippen molar-refractivity contribution in [2.75, 3.05) is 20.0 Å². The minimum atomic E-state index is -1.09. The number of aromatic carboxylic acids is 1. The van der Waals surface area contributed by atoms with E-state index in [1.54, 1.807) is 19.2 Å². The van der Waals surface area contributed by atoms with Gasteiger partial charge in [-0.25, -0.2) is 4.79 Å². The smallest absolute Gasteiger partial charge is 0.340 e. The SMILES string of the molecule is COc1ccc(-c2[nH]cc(N)c2C(=O)O)c(OC)c1C. The topological polar surface area (TPSA) is 97.6 Å². The maximum atomic E-state index is 11.3. The zero-order valence-electron chi connectivity index (χ0n) is 11.5. The van der Waals surface area contributed by atoms with E-state index in [0.717, 1.165) is 5.56 Å². The molecule has 0 saturated carbocycles. The fourth-order valence-corrected chi connectivity index (χ4v) is 2.24. The van der Waals surface area contributed by atoms with E-state index >= 15 is 0 Å². The predicted molar refractivity (Wildman–Crippen MR) is 75.4 cm³/mol. The lowest BCUT2D eigenvalue weighted by atomic mass is 10.0. The van der Waals surface area contributed by atoms with Crippen molar-refractivity contribution in [1.29, 1.82) is 0 Å². The van der Waals surface area contributed by atoms with E-state index < -0.39 is 5.97 Å². The summed E-state index contributed by atoms with van der Waals surface area (Å²) in [7, 11) is 3.09. The van der Waals surface area contributed by atoms with Crippen molar-refractivity contribution in [3.05, 3.63) is 29.5 Å². The Morgan fingerprint density at radius 3 is 2.55 bits per heavy atom. The van der Waals surface area contributed by atoms with Crippen LogP contribution in [-0.4, -0.2) is 30.3 Å². The van der Waals surface area contributed by atoms with E-state index in [0.29, 0.717) is 22.8 Å². The van der Waals surface area contributed by atoms with E-state index in [4.69, 9.17) is 15.2 Å². The molecule has 0 radical (unpaired) electrons. The number of methoxy groups -OCH3 is 2. The average molecular weight is 276 g/mol. The number of anilines is 1. The average Bonchev–Trinajstić information content (AvgIpc) is 2.80. The van der Waals surface area contributed by atoms with E-state index in [-0.39, 0.29) is 11.3 Å². The lowest BCUT2D eigenvalue weighted by Gasteiger charge is -2.14. The molecule has 6 heteroatoms. The number of aromatic amines is 1. The first kappa shape index (κ1) is 13.8. The van der Waals surface area contributed by atoms with Crippen molar-refractivity contribution >= 4 is 11.7 Å². The van der Waals surface area contributed by atoms with Gasteiger partial charge >= 0.3 is 5.97 Å². The molecule has 0 bridgehead atoms. The molecule has 20 heavy (non-hydrogen) atoms. The maximum absolute atomic E-state index is 11.3. The molecule has 2 aromatic rings. The largest absolute Gasteiger partial charge is 0.496 e. The number of hydrogen-bond acceptors (Lipinski definition) is 4. The molecule has 0 aliphatic rings. The van der Waals surface area contributed by atoms with Gasteiger partial charge in [-0.1, -0.05) is 0 Å². The Hall–Kier alpha value is -2.63. The minimum absolute atomic E-state index is 0.0351. The molecule has 6 nitrogen and oxygen atoms in total. The van der Waals surface area contributed by atoms with Crippen LogP contribution < -0.4 is 15.2 Å². The lowest BCUT2D eigenvalue weighted by Crippen LogP contribution is -2.02. The van der Waals surface area contributed by atoms with Crippen LogP contribution in [0.2, 0.25) is 0 Å². The van der Waals surface area contributed by atoms with Crippen LogP contribution in [0, 0.1) is 6.92 Å². The van der Waals surface area contributed by atoms with Crippen molar-refractivity contribution in [1.82, 2.24) is 4.98 Å². The molecule has 1 aromatic carbocycles. The first-order chi connectivity index (χ1) is 9.51. The number of H-pyrrole nitrogens is 1. The van der Waals surface area contributed by atoms with Gasteiger partial charge in [0.2, 0.25) is 0 Å². The summed E-state index contributed by atoms with van der Waals surface area (Å²) in [6, 6.07) is 3.50. The Bertz CT molecular complexity index is 661. The zero-order valence-corrected chi connectivity index (χ0v) is 11.5. The van der Waals surface area contributed by atoms with Gasteiger partial charge in [-0.2, -0.15) is 0 Å². The molecule has 0 aliphatic heterocycles. The van der Waals surface area contributed by atoms with Gasteiger partial charge in [0.15, 0.2) is 0 Å². The molecule has 0 spiro atoms. The third kappa shape index (κ3) is 2.05. The first-order valence-corrected chi connectivity index (χ1v) is 5.93. The minimum Gasteiger partial charge on any atom is -0.496 e. The summed E-state index contributed by atoms with van der Waals surface area (Å²) >= 11 is 0. The highest BCUT2D eigenvalue weighted by molar-refractivity contribution is 6.01.